The number of hydrogen-bond acceptors (Lipinski definition) is 5. The predicted octanol–water partition coefficient (Wildman–Crippen LogP) is 3.86. The third-order valence-corrected chi connectivity index (χ3v) is 8.71. The van der Waals surface area contributed by atoms with Crippen LogP contribution in [0.25, 0.3) is 0 Å². The van der Waals surface area contributed by atoms with Crippen LogP contribution in [0.2, 0.25) is 5.02 Å². The summed E-state index contributed by atoms with van der Waals surface area (Å²) in [6.07, 6.45) is 3.44. The van der Waals surface area contributed by atoms with Gasteiger partial charge in [0.25, 0.3) is 0 Å². The van der Waals surface area contributed by atoms with E-state index in [0.29, 0.717) is 56.0 Å². The van der Waals surface area contributed by atoms with E-state index in [4.69, 9.17) is 11.6 Å². The van der Waals surface area contributed by atoms with Crippen LogP contribution in [-0.2, 0) is 39.0 Å². The van der Waals surface area contributed by atoms with Gasteiger partial charge < -0.3 is 15.5 Å². The molecule has 3 aromatic rings. The van der Waals surface area contributed by atoms with Crippen LogP contribution in [0.4, 0.5) is 5.69 Å². The van der Waals surface area contributed by atoms with E-state index in [9.17, 15) is 18.0 Å². The van der Waals surface area contributed by atoms with Crippen molar-refractivity contribution in [1.82, 2.24) is 15.5 Å². The summed E-state index contributed by atoms with van der Waals surface area (Å²) >= 11 is 6.08. The Kier molecular flexibility index (Phi) is 8.97. The summed E-state index contributed by atoms with van der Waals surface area (Å²) in [6.45, 7) is 1.63. The number of fused-ring (bicyclic) bond motifs is 1. The second kappa shape index (κ2) is 12.6. The maximum Gasteiger partial charge on any atom is 0.245 e. The molecule has 10 heteroatoms. The van der Waals surface area contributed by atoms with Crippen molar-refractivity contribution < 1.29 is 18.0 Å². The highest BCUT2D eigenvalue weighted by atomic mass is 35.5. The third-order valence-electron chi connectivity index (χ3n) is 7.87. The Hall–Kier alpha value is -3.40. The smallest absolute Gasteiger partial charge is 0.245 e. The highest BCUT2D eigenvalue weighted by molar-refractivity contribution is 7.92. The molecule has 1 saturated heterocycles. The lowest BCUT2D eigenvalue weighted by Crippen LogP contribution is -2.56. The zero-order valence-corrected chi connectivity index (χ0v) is 24.5. The minimum Gasteiger partial charge on any atom is -0.343 e. The second-order valence-electron chi connectivity index (χ2n) is 10.9. The molecular weight excluding hydrogens is 560 g/mol. The monoisotopic (exact) mass is 594 g/mol. The molecule has 0 unspecified atom stereocenters. The average Bonchev–Trinajstić information content (AvgIpc) is 2.97. The number of anilines is 1. The quantitative estimate of drug-likeness (QED) is 0.367. The molecule has 2 atom stereocenters. The van der Waals surface area contributed by atoms with Crippen molar-refractivity contribution in [2.75, 3.05) is 24.1 Å². The standard InChI is InChI=1S/C31H35ClN4O4S/c1-41(39,40)35-27-9-5-4-8-26(27)22-14-16-36(17-15-22)31(38)29(18-21-10-12-25(32)13-11-21)34-30(37)28-19-23-6-2-3-7-24(23)20-33-28/h2-13,22,28-29,33,35H,14-20H2,1H3,(H,34,37)/t28-,29+/m0/s1. The zero-order chi connectivity index (χ0) is 29.0. The van der Waals surface area contributed by atoms with Gasteiger partial charge in [0.05, 0.1) is 18.0 Å². The largest absolute Gasteiger partial charge is 0.343 e. The van der Waals surface area contributed by atoms with Crippen LogP contribution in [-0.4, -0.2) is 56.6 Å². The van der Waals surface area contributed by atoms with Gasteiger partial charge in [0.2, 0.25) is 21.8 Å². The Morgan fingerprint density at radius 2 is 1.63 bits per heavy atom. The fourth-order valence-corrected chi connectivity index (χ4v) is 6.46. The van der Waals surface area contributed by atoms with E-state index in [-0.39, 0.29) is 17.7 Å². The first-order chi connectivity index (χ1) is 19.7. The summed E-state index contributed by atoms with van der Waals surface area (Å²) < 4.78 is 26.4. The van der Waals surface area contributed by atoms with Gasteiger partial charge in [-0.1, -0.05) is 66.2 Å². The number of benzene rings is 3. The van der Waals surface area contributed by atoms with Gasteiger partial charge in [-0.15, -0.1) is 0 Å². The van der Waals surface area contributed by atoms with Crippen LogP contribution in [0.1, 0.15) is 41.0 Å². The molecular formula is C31H35ClN4O4S. The van der Waals surface area contributed by atoms with E-state index in [2.05, 4.69) is 21.4 Å². The van der Waals surface area contributed by atoms with Crippen molar-refractivity contribution in [3.8, 4) is 0 Å². The normalized spacial score (nSPS) is 18.3. The fourth-order valence-electron chi connectivity index (χ4n) is 5.75. The molecule has 3 N–H and O–H groups in total. The number of nitrogens with one attached hydrogen (secondary N) is 3. The number of carbonyl (C=O) groups excluding carboxylic acids is 2. The number of rotatable bonds is 8. The van der Waals surface area contributed by atoms with E-state index in [1.165, 1.54) is 5.56 Å². The maximum absolute atomic E-state index is 13.9. The van der Waals surface area contributed by atoms with Crippen LogP contribution in [0.3, 0.4) is 0 Å². The summed E-state index contributed by atoms with van der Waals surface area (Å²) in [6, 6.07) is 21.7. The minimum atomic E-state index is -3.41. The molecule has 1 fully saturated rings. The average molecular weight is 595 g/mol. The minimum absolute atomic E-state index is 0.111. The molecule has 0 saturated carbocycles. The molecule has 0 spiro atoms. The Morgan fingerprint density at radius 1 is 0.976 bits per heavy atom. The van der Waals surface area contributed by atoms with Crippen LogP contribution in [0.15, 0.2) is 72.8 Å². The van der Waals surface area contributed by atoms with Crippen molar-refractivity contribution in [2.24, 2.45) is 0 Å². The van der Waals surface area contributed by atoms with E-state index in [0.717, 1.165) is 22.9 Å². The molecule has 2 aliphatic rings. The van der Waals surface area contributed by atoms with Crippen molar-refractivity contribution in [1.29, 1.82) is 0 Å². The van der Waals surface area contributed by atoms with Gasteiger partial charge in [-0.25, -0.2) is 8.42 Å². The fraction of sp³-hybridized carbons (Fsp3) is 0.355. The first-order valence-corrected chi connectivity index (χ1v) is 16.1. The van der Waals surface area contributed by atoms with Gasteiger partial charge in [0.15, 0.2) is 0 Å². The number of halogens is 1. The number of piperidine rings is 1. The molecule has 0 radical (unpaired) electrons. The molecule has 5 rings (SSSR count). The van der Waals surface area contributed by atoms with Crippen LogP contribution in [0.5, 0.6) is 0 Å². The van der Waals surface area contributed by atoms with E-state index >= 15 is 0 Å². The van der Waals surface area contributed by atoms with Gasteiger partial charge in [0, 0.05) is 31.1 Å². The van der Waals surface area contributed by atoms with Gasteiger partial charge in [-0.05, 0) is 65.6 Å². The summed E-state index contributed by atoms with van der Waals surface area (Å²) in [4.78, 5) is 29.1. The molecule has 41 heavy (non-hydrogen) atoms. The van der Waals surface area contributed by atoms with Gasteiger partial charge in [-0.3, -0.25) is 14.3 Å². The molecule has 0 aromatic heterocycles. The van der Waals surface area contributed by atoms with Crippen LogP contribution >= 0.6 is 11.6 Å². The lowest BCUT2D eigenvalue weighted by molar-refractivity contribution is -0.137. The highest BCUT2D eigenvalue weighted by Crippen LogP contribution is 2.33. The molecule has 2 amide bonds. The van der Waals surface area contributed by atoms with Gasteiger partial charge in [-0.2, -0.15) is 0 Å². The number of amides is 2. The van der Waals surface area contributed by atoms with E-state index < -0.39 is 22.1 Å². The predicted molar refractivity (Wildman–Crippen MR) is 161 cm³/mol. The van der Waals surface area contributed by atoms with E-state index in [1.54, 1.807) is 24.3 Å². The molecule has 216 valence electrons. The first-order valence-electron chi connectivity index (χ1n) is 13.9. The summed E-state index contributed by atoms with van der Waals surface area (Å²) in [7, 11) is -3.41. The summed E-state index contributed by atoms with van der Waals surface area (Å²) in [5.74, 6) is -0.201. The van der Waals surface area contributed by atoms with Crippen molar-refractivity contribution in [3.63, 3.8) is 0 Å². The Morgan fingerprint density at radius 3 is 2.34 bits per heavy atom. The lowest BCUT2D eigenvalue weighted by Gasteiger charge is -2.35. The topological polar surface area (TPSA) is 108 Å². The number of carbonyl (C=O) groups is 2. The number of nitrogens with zero attached hydrogens (tertiary/aromatic N) is 1. The third kappa shape index (κ3) is 7.47. The number of hydrogen-bond donors (Lipinski definition) is 3. The van der Waals surface area contributed by atoms with Crippen molar-refractivity contribution in [2.45, 2.75) is 50.2 Å². The van der Waals surface area contributed by atoms with Crippen LogP contribution < -0.4 is 15.4 Å². The van der Waals surface area contributed by atoms with Gasteiger partial charge >= 0.3 is 0 Å². The molecule has 0 bridgehead atoms. The molecule has 8 nitrogen and oxygen atoms in total. The molecule has 2 heterocycles. The summed E-state index contributed by atoms with van der Waals surface area (Å²) in [5, 5.41) is 6.98. The van der Waals surface area contributed by atoms with Crippen molar-refractivity contribution in [3.05, 3.63) is 100 Å². The zero-order valence-electron chi connectivity index (χ0n) is 23.0. The van der Waals surface area contributed by atoms with Gasteiger partial charge in [0.1, 0.15) is 6.04 Å². The van der Waals surface area contributed by atoms with Crippen molar-refractivity contribution >= 4 is 39.1 Å². The summed E-state index contributed by atoms with van der Waals surface area (Å²) in [5.41, 5.74) is 4.74. The number of likely N-dealkylation sites (tertiary alicyclic amines) is 1. The first kappa shape index (κ1) is 29.1. The Labute approximate surface area is 246 Å². The molecule has 3 aromatic carbocycles. The second-order valence-corrected chi connectivity index (χ2v) is 13.0. The van der Waals surface area contributed by atoms with Crippen LogP contribution in [0, 0.1) is 0 Å². The maximum atomic E-state index is 13.9. The lowest BCUT2D eigenvalue weighted by atomic mass is 9.88. The molecule has 2 aliphatic heterocycles. The SMILES string of the molecule is CS(=O)(=O)Nc1ccccc1C1CCN(C(=O)[C@@H](Cc2ccc(Cl)cc2)NC(=O)[C@@H]2Cc3ccccc3CN2)CC1. The Bertz CT molecular complexity index is 1500. The Balaban J connectivity index is 1.28. The number of para-hydroxylation sites is 1. The highest BCUT2D eigenvalue weighted by Gasteiger charge is 2.33. The van der Waals surface area contributed by atoms with E-state index in [1.807, 2.05) is 47.4 Å². The molecule has 0 aliphatic carbocycles. The number of sulfonamides is 1.